The van der Waals surface area contributed by atoms with Gasteiger partial charge in [-0.05, 0) is 42.0 Å². The van der Waals surface area contributed by atoms with Gasteiger partial charge in [-0.15, -0.1) is 0 Å². The largest absolute Gasteiger partial charge is 0.476 e. The van der Waals surface area contributed by atoms with Crippen LogP contribution in [0.5, 0.6) is 5.75 Å². The van der Waals surface area contributed by atoms with Crippen molar-refractivity contribution >= 4 is 40.2 Å². The van der Waals surface area contributed by atoms with Gasteiger partial charge in [0.1, 0.15) is 0 Å². The van der Waals surface area contributed by atoms with E-state index in [1.54, 1.807) is 0 Å². The van der Waals surface area contributed by atoms with Crippen molar-refractivity contribution in [3.05, 3.63) is 58.6 Å². The van der Waals surface area contributed by atoms with Gasteiger partial charge in [-0.1, -0.05) is 11.6 Å². The highest BCUT2D eigenvalue weighted by Crippen LogP contribution is 2.29. The van der Waals surface area contributed by atoms with Crippen molar-refractivity contribution in [3.8, 4) is 5.75 Å². The van der Waals surface area contributed by atoms with Gasteiger partial charge < -0.3 is 9.47 Å². The van der Waals surface area contributed by atoms with Crippen LogP contribution in [-0.2, 0) is 19.6 Å². The molecule has 1 atom stereocenters. The van der Waals surface area contributed by atoms with Crippen LogP contribution in [0.4, 0.5) is 8.78 Å². The van der Waals surface area contributed by atoms with E-state index in [0.717, 1.165) is 19.2 Å². The summed E-state index contributed by atoms with van der Waals surface area (Å²) in [5, 5.41) is -0.466. The molecule has 0 amide bonds. The zero-order chi connectivity index (χ0) is 20.9. The number of benzene rings is 2. The number of methoxy groups -OCH3 is 1. The number of carbonyl (C=O) groups is 1. The summed E-state index contributed by atoms with van der Waals surface area (Å²) in [5.74, 6) is -3.65. The van der Waals surface area contributed by atoms with Crippen molar-refractivity contribution in [1.29, 1.82) is 0 Å². The number of sulfonamides is 1. The normalized spacial score (nSPS) is 12.5. The number of thiol groups is 1. The van der Waals surface area contributed by atoms with Gasteiger partial charge in [-0.3, -0.25) is 0 Å². The van der Waals surface area contributed by atoms with E-state index in [4.69, 9.17) is 16.3 Å². The summed E-state index contributed by atoms with van der Waals surface area (Å²) in [6.45, 7) is -0.885. The molecule has 0 aromatic heterocycles. The second-order valence-corrected chi connectivity index (χ2v) is 8.33. The topological polar surface area (TPSA) is 81.7 Å². The molecule has 0 fully saturated rings. The summed E-state index contributed by atoms with van der Waals surface area (Å²) < 4.78 is 64.1. The number of nitrogens with one attached hydrogen (secondary N) is 1. The van der Waals surface area contributed by atoms with Crippen LogP contribution in [0.25, 0.3) is 0 Å². The lowest BCUT2D eigenvalue weighted by molar-refractivity contribution is -0.143. The Bertz CT molecular complexity index is 932. The Morgan fingerprint density at radius 1 is 1.21 bits per heavy atom. The Kier molecular flexibility index (Phi) is 7.64. The molecule has 1 unspecified atom stereocenters. The van der Waals surface area contributed by atoms with E-state index in [-0.39, 0.29) is 17.0 Å². The average molecular weight is 452 g/mol. The zero-order valence-electron chi connectivity index (χ0n) is 14.5. The summed E-state index contributed by atoms with van der Waals surface area (Å²) in [5.41, 5.74) is 0.0857. The molecule has 0 heterocycles. The molecule has 6 nitrogen and oxygen atoms in total. The number of ether oxygens (including phenoxy) is 2. The van der Waals surface area contributed by atoms with Gasteiger partial charge in [-0.2, -0.15) is 12.6 Å². The molecule has 0 aliphatic rings. The molecule has 0 saturated carbocycles. The molecule has 1 N–H and O–H groups in total. The fraction of sp³-hybridized carbons (Fsp3) is 0.235. The van der Waals surface area contributed by atoms with Crippen molar-refractivity contribution < 1.29 is 31.5 Å². The van der Waals surface area contributed by atoms with E-state index >= 15 is 0 Å². The fourth-order valence-corrected chi connectivity index (χ4v) is 3.64. The molecule has 0 saturated heterocycles. The van der Waals surface area contributed by atoms with Gasteiger partial charge >= 0.3 is 5.97 Å². The smallest absolute Gasteiger partial charge is 0.343 e. The first kappa shape index (κ1) is 22.4. The molecule has 2 rings (SSSR count). The number of hydrogen-bond donors (Lipinski definition) is 2. The number of carbonyl (C=O) groups excluding carboxylic acids is 1. The quantitative estimate of drug-likeness (QED) is 0.476. The lowest BCUT2D eigenvalue weighted by atomic mass is 10.1. The summed E-state index contributed by atoms with van der Waals surface area (Å²) in [6.07, 6.45) is 0. The van der Waals surface area contributed by atoms with E-state index in [1.165, 1.54) is 24.3 Å². The predicted octanol–water partition coefficient (Wildman–Crippen LogP) is 3.12. The second-order valence-electron chi connectivity index (χ2n) is 5.50. The number of hydrogen-bond acceptors (Lipinski definition) is 6. The number of esters is 1. The third-order valence-electron chi connectivity index (χ3n) is 3.56. The Balaban J connectivity index is 2.08. The maximum atomic E-state index is 14.1. The molecule has 0 radical (unpaired) electrons. The van der Waals surface area contributed by atoms with Crippen molar-refractivity contribution in [2.45, 2.75) is 10.1 Å². The maximum absolute atomic E-state index is 14.1. The molecule has 0 aliphatic heterocycles. The molecule has 152 valence electrons. The van der Waals surface area contributed by atoms with Crippen LogP contribution in [0.1, 0.15) is 10.8 Å². The van der Waals surface area contributed by atoms with E-state index in [0.29, 0.717) is 5.02 Å². The minimum atomic E-state index is -3.85. The summed E-state index contributed by atoms with van der Waals surface area (Å²) in [6, 6.07) is 7.39. The first-order chi connectivity index (χ1) is 13.1. The summed E-state index contributed by atoms with van der Waals surface area (Å²) >= 11 is 9.92. The maximum Gasteiger partial charge on any atom is 0.343 e. The highest BCUT2D eigenvalue weighted by Gasteiger charge is 2.20. The van der Waals surface area contributed by atoms with Crippen LogP contribution in [0.3, 0.4) is 0 Å². The predicted molar refractivity (Wildman–Crippen MR) is 102 cm³/mol. The molecule has 0 aliphatic carbocycles. The van der Waals surface area contributed by atoms with Crippen molar-refractivity contribution in [2.75, 3.05) is 20.3 Å². The number of rotatable bonds is 8. The summed E-state index contributed by atoms with van der Waals surface area (Å²) in [4.78, 5) is 11.0. The van der Waals surface area contributed by atoms with Gasteiger partial charge in [0.05, 0.1) is 12.0 Å². The van der Waals surface area contributed by atoms with E-state index in [2.05, 4.69) is 22.1 Å². The molecule has 2 aromatic carbocycles. The van der Waals surface area contributed by atoms with Gasteiger partial charge in [0.25, 0.3) is 0 Å². The molecule has 2 aromatic rings. The standard InChI is InChI=1S/C17H16ClF2NO5S2/c1-25-16(22)9-26-17-13(19)6-10(7-14(17)20)15(27)8-21-28(23,24)12-4-2-11(18)3-5-12/h2-7,15,21,27H,8-9H2,1H3. The Hall–Kier alpha value is -1.88. The molecule has 28 heavy (non-hydrogen) atoms. The average Bonchev–Trinajstić information content (AvgIpc) is 2.65. The monoisotopic (exact) mass is 451 g/mol. The van der Waals surface area contributed by atoms with Gasteiger partial charge in [0.15, 0.2) is 24.0 Å². The van der Waals surface area contributed by atoms with Gasteiger partial charge in [-0.25, -0.2) is 26.7 Å². The van der Waals surface area contributed by atoms with Crippen LogP contribution >= 0.6 is 24.2 Å². The van der Waals surface area contributed by atoms with Gasteiger partial charge in [0.2, 0.25) is 10.0 Å². The van der Waals surface area contributed by atoms with Gasteiger partial charge in [0, 0.05) is 16.8 Å². The third kappa shape index (κ3) is 5.81. The van der Waals surface area contributed by atoms with Crippen molar-refractivity contribution in [1.82, 2.24) is 4.72 Å². The first-order valence-electron chi connectivity index (χ1n) is 7.76. The fourth-order valence-electron chi connectivity index (χ4n) is 2.10. The minimum Gasteiger partial charge on any atom is -0.476 e. The molecule has 0 bridgehead atoms. The zero-order valence-corrected chi connectivity index (χ0v) is 17.0. The Morgan fingerprint density at radius 3 is 2.32 bits per heavy atom. The second kappa shape index (κ2) is 9.55. The highest BCUT2D eigenvalue weighted by atomic mass is 35.5. The molecular formula is C17H16ClF2NO5S2. The van der Waals surface area contributed by atoms with Crippen molar-refractivity contribution in [2.24, 2.45) is 0 Å². The van der Waals surface area contributed by atoms with Crippen molar-refractivity contribution in [3.63, 3.8) is 0 Å². The molecule has 11 heteroatoms. The molecular weight excluding hydrogens is 436 g/mol. The van der Waals surface area contributed by atoms with E-state index < -0.39 is 45.2 Å². The lowest BCUT2D eigenvalue weighted by Gasteiger charge is -2.15. The Morgan fingerprint density at radius 2 is 1.79 bits per heavy atom. The van der Waals surface area contributed by atoms with E-state index in [1.807, 2.05) is 0 Å². The van der Waals surface area contributed by atoms with Crippen LogP contribution in [-0.4, -0.2) is 34.6 Å². The summed E-state index contributed by atoms with van der Waals surface area (Å²) in [7, 11) is -2.74. The van der Waals surface area contributed by atoms with Crippen LogP contribution in [0.15, 0.2) is 41.3 Å². The lowest BCUT2D eigenvalue weighted by Crippen LogP contribution is -2.27. The highest BCUT2D eigenvalue weighted by molar-refractivity contribution is 7.89. The molecule has 0 spiro atoms. The first-order valence-corrected chi connectivity index (χ1v) is 10.1. The Labute approximate surface area is 171 Å². The van der Waals surface area contributed by atoms with Crippen LogP contribution in [0.2, 0.25) is 5.02 Å². The minimum absolute atomic E-state index is 0.0126. The third-order valence-corrected chi connectivity index (χ3v) is 5.73. The van der Waals surface area contributed by atoms with E-state index in [9.17, 15) is 22.0 Å². The van der Waals surface area contributed by atoms with Crippen LogP contribution < -0.4 is 9.46 Å². The van der Waals surface area contributed by atoms with Crippen LogP contribution in [0, 0.1) is 11.6 Å². The SMILES string of the molecule is COC(=O)COc1c(F)cc(C(S)CNS(=O)(=O)c2ccc(Cl)cc2)cc1F. The number of halogens is 3.